The van der Waals surface area contributed by atoms with Crippen LogP contribution in [-0.4, -0.2) is 56.4 Å². The van der Waals surface area contributed by atoms with Crippen LogP contribution in [-0.2, 0) is 14.3 Å². The lowest BCUT2D eigenvalue weighted by molar-refractivity contribution is -0.146. The summed E-state index contributed by atoms with van der Waals surface area (Å²) in [7, 11) is 0. The SMILES string of the molecule is O=C(OCCN1CCOCC1)C1c2ccc(Br)cc2NC1/C=C/c1ccc(Cl)cc1. The molecule has 2 unspecified atom stereocenters. The van der Waals surface area contributed by atoms with Gasteiger partial charge in [0.25, 0.3) is 0 Å². The van der Waals surface area contributed by atoms with Crippen LogP contribution in [0.15, 0.2) is 53.0 Å². The van der Waals surface area contributed by atoms with E-state index in [0.29, 0.717) is 11.6 Å². The Hall–Kier alpha value is -1.86. The van der Waals surface area contributed by atoms with Gasteiger partial charge in [-0.25, -0.2) is 0 Å². The van der Waals surface area contributed by atoms with E-state index in [4.69, 9.17) is 21.1 Å². The lowest BCUT2D eigenvalue weighted by Crippen LogP contribution is -2.39. The molecule has 2 aromatic carbocycles. The first-order valence-electron chi connectivity index (χ1n) is 10.1. The summed E-state index contributed by atoms with van der Waals surface area (Å²) in [5.41, 5.74) is 2.93. The molecule has 2 aliphatic rings. The summed E-state index contributed by atoms with van der Waals surface area (Å²) in [6, 6.07) is 13.4. The first kappa shape index (κ1) is 21.4. The maximum Gasteiger partial charge on any atom is 0.315 e. The summed E-state index contributed by atoms with van der Waals surface area (Å²) >= 11 is 9.48. The van der Waals surface area contributed by atoms with Crippen LogP contribution in [0.1, 0.15) is 17.0 Å². The molecule has 0 aromatic heterocycles. The number of nitrogens with one attached hydrogen (secondary N) is 1. The van der Waals surface area contributed by atoms with E-state index in [2.05, 4.69) is 26.1 Å². The Morgan fingerprint density at radius 2 is 2.00 bits per heavy atom. The summed E-state index contributed by atoms with van der Waals surface area (Å²) < 4.78 is 12.0. The van der Waals surface area contributed by atoms with Crippen molar-refractivity contribution in [2.24, 2.45) is 0 Å². The summed E-state index contributed by atoms with van der Waals surface area (Å²) in [4.78, 5) is 15.3. The molecular formula is C23H24BrClN2O3. The van der Waals surface area contributed by atoms with Gasteiger partial charge in [0, 0.05) is 34.8 Å². The monoisotopic (exact) mass is 490 g/mol. The van der Waals surface area contributed by atoms with Crippen LogP contribution in [0.5, 0.6) is 0 Å². The minimum Gasteiger partial charge on any atom is -0.464 e. The van der Waals surface area contributed by atoms with Crippen molar-refractivity contribution >= 4 is 45.3 Å². The number of esters is 1. The highest BCUT2D eigenvalue weighted by Crippen LogP contribution is 2.39. The van der Waals surface area contributed by atoms with Crippen molar-refractivity contribution in [3.8, 4) is 0 Å². The smallest absolute Gasteiger partial charge is 0.315 e. The van der Waals surface area contributed by atoms with E-state index >= 15 is 0 Å². The molecule has 5 nitrogen and oxygen atoms in total. The number of rotatable bonds is 6. The van der Waals surface area contributed by atoms with Crippen molar-refractivity contribution in [1.29, 1.82) is 0 Å². The number of nitrogens with zero attached hydrogens (tertiary/aromatic N) is 1. The maximum absolute atomic E-state index is 13.0. The van der Waals surface area contributed by atoms with Crippen LogP contribution in [0.4, 0.5) is 5.69 Å². The Bertz CT molecular complexity index is 913. The van der Waals surface area contributed by atoms with Crippen molar-refractivity contribution in [3.63, 3.8) is 0 Å². The number of halogens is 2. The van der Waals surface area contributed by atoms with Crippen LogP contribution < -0.4 is 5.32 Å². The number of hydrogen-bond acceptors (Lipinski definition) is 5. The van der Waals surface area contributed by atoms with E-state index in [1.807, 2.05) is 54.6 Å². The normalized spacial score (nSPS) is 21.4. The fraction of sp³-hybridized carbons (Fsp3) is 0.348. The molecule has 2 atom stereocenters. The van der Waals surface area contributed by atoms with E-state index in [0.717, 1.165) is 54.1 Å². The summed E-state index contributed by atoms with van der Waals surface area (Å²) in [5.74, 6) is -0.594. The van der Waals surface area contributed by atoms with Gasteiger partial charge in [0.15, 0.2) is 0 Å². The molecule has 158 valence electrons. The lowest BCUT2D eigenvalue weighted by atomic mass is 9.94. The number of morpholine rings is 1. The molecule has 0 amide bonds. The summed E-state index contributed by atoms with van der Waals surface area (Å²) in [6.07, 6.45) is 4.02. The molecule has 0 aliphatic carbocycles. The zero-order valence-corrected chi connectivity index (χ0v) is 18.9. The zero-order chi connectivity index (χ0) is 20.9. The quantitative estimate of drug-likeness (QED) is 0.600. The first-order chi connectivity index (χ1) is 14.6. The number of ether oxygens (including phenoxy) is 2. The maximum atomic E-state index is 13.0. The van der Waals surface area contributed by atoms with Gasteiger partial charge in [0.2, 0.25) is 0 Å². The number of anilines is 1. The molecule has 1 fully saturated rings. The van der Waals surface area contributed by atoms with Gasteiger partial charge >= 0.3 is 5.97 Å². The molecule has 0 bridgehead atoms. The van der Waals surface area contributed by atoms with Crippen LogP contribution >= 0.6 is 27.5 Å². The standard InChI is InChI=1S/C23H24BrClN2O3/c24-17-4-7-19-21(15-17)26-20(8-3-16-1-5-18(25)6-2-16)22(19)23(28)30-14-11-27-9-12-29-13-10-27/h1-8,15,20,22,26H,9-14H2/b8-3+. The Morgan fingerprint density at radius 3 is 2.77 bits per heavy atom. The van der Waals surface area contributed by atoms with Gasteiger partial charge in [-0.2, -0.15) is 0 Å². The zero-order valence-electron chi connectivity index (χ0n) is 16.5. The predicted octanol–water partition coefficient (Wildman–Crippen LogP) is 4.57. The molecule has 7 heteroatoms. The second kappa shape index (κ2) is 9.96. The largest absolute Gasteiger partial charge is 0.464 e. The van der Waals surface area contributed by atoms with Crippen LogP contribution in [0.3, 0.4) is 0 Å². The minimum atomic E-state index is -0.388. The minimum absolute atomic E-state index is 0.180. The molecule has 1 saturated heterocycles. The third-order valence-electron chi connectivity index (χ3n) is 5.41. The highest BCUT2D eigenvalue weighted by molar-refractivity contribution is 9.10. The topological polar surface area (TPSA) is 50.8 Å². The highest BCUT2D eigenvalue weighted by atomic mass is 79.9. The van der Waals surface area contributed by atoms with Crippen LogP contribution in [0, 0.1) is 0 Å². The molecule has 2 aliphatic heterocycles. The van der Waals surface area contributed by atoms with Crippen LogP contribution in [0.2, 0.25) is 5.02 Å². The van der Waals surface area contributed by atoms with Crippen molar-refractivity contribution < 1.29 is 14.3 Å². The van der Waals surface area contributed by atoms with Gasteiger partial charge in [-0.1, -0.05) is 57.9 Å². The Kier molecular flexibility index (Phi) is 7.10. The van der Waals surface area contributed by atoms with Gasteiger partial charge in [0.1, 0.15) is 12.5 Å². The summed E-state index contributed by atoms with van der Waals surface area (Å²) in [6.45, 7) is 4.35. The highest BCUT2D eigenvalue weighted by Gasteiger charge is 2.37. The van der Waals surface area contributed by atoms with Gasteiger partial charge in [-0.15, -0.1) is 0 Å². The Balaban J connectivity index is 1.46. The van der Waals surface area contributed by atoms with Gasteiger partial charge in [0.05, 0.1) is 19.3 Å². The number of fused-ring (bicyclic) bond motifs is 1. The third kappa shape index (κ3) is 5.24. The lowest BCUT2D eigenvalue weighted by Gasteiger charge is -2.26. The van der Waals surface area contributed by atoms with Gasteiger partial charge in [-0.05, 0) is 35.4 Å². The second-order valence-corrected chi connectivity index (χ2v) is 8.76. The molecule has 1 N–H and O–H groups in total. The average molecular weight is 492 g/mol. The molecule has 4 rings (SSSR count). The molecule has 0 spiro atoms. The molecule has 0 saturated carbocycles. The Morgan fingerprint density at radius 1 is 1.23 bits per heavy atom. The van der Waals surface area contributed by atoms with Gasteiger partial charge in [-0.3, -0.25) is 9.69 Å². The molecule has 2 aromatic rings. The first-order valence-corrected chi connectivity index (χ1v) is 11.2. The second-order valence-electron chi connectivity index (χ2n) is 7.41. The Labute approximate surface area is 190 Å². The molecule has 30 heavy (non-hydrogen) atoms. The van der Waals surface area contributed by atoms with E-state index < -0.39 is 0 Å². The molecule has 0 radical (unpaired) electrons. The number of carbonyl (C=O) groups excluding carboxylic acids is 1. The predicted molar refractivity (Wildman–Crippen MR) is 123 cm³/mol. The van der Waals surface area contributed by atoms with E-state index in [-0.39, 0.29) is 17.9 Å². The van der Waals surface area contributed by atoms with Crippen molar-refractivity contribution in [2.75, 3.05) is 44.8 Å². The number of benzene rings is 2. The average Bonchev–Trinajstić information content (AvgIpc) is 3.11. The fourth-order valence-corrected chi connectivity index (χ4v) is 4.28. The van der Waals surface area contributed by atoms with Crippen molar-refractivity contribution in [1.82, 2.24) is 4.90 Å². The van der Waals surface area contributed by atoms with E-state index in [9.17, 15) is 4.79 Å². The van der Waals surface area contributed by atoms with Crippen LogP contribution in [0.25, 0.3) is 6.08 Å². The molecule has 2 heterocycles. The van der Waals surface area contributed by atoms with Gasteiger partial charge < -0.3 is 14.8 Å². The van der Waals surface area contributed by atoms with E-state index in [1.54, 1.807) is 0 Å². The third-order valence-corrected chi connectivity index (χ3v) is 6.15. The number of carbonyl (C=O) groups is 1. The van der Waals surface area contributed by atoms with Crippen molar-refractivity contribution in [3.05, 3.63) is 69.2 Å². The fourth-order valence-electron chi connectivity index (χ4n) is 3.79. The molecular weight excluding hydrogens is 468 g/mol. The summed E-state index contributed by atoms with van der Waals surface area (Å²) in [5, 5.41) is 4.16. The van der Waals surface area contributed by atoms with E-state index in [1.165, 1.54) is 0 Å². The van der Waals surface area contributed by atoms with Crippen molar-refractivity contribution in [2.45, 2.75) is 12.0 Å². The number of hydrogen-bond donors (Lipinski definition) is 1.